The fourth-order valence-corrected chi connectivity index (χ4v) is 2.34. The summed E-state index contributed by atoms with van der Waals surface area (Å²) in [5.74, 6) is -0.464. The molecular weight excluding hydrogens is 280 g/mol. The van der Waals surface area contributed by atoms with Crippen molar-refractivity contribution in [2.45, 2.75) is 19.5 Å². The van der Waals surface area contributed by atoms with Crippen LogP contribution in [-0.4, -0.2) is 54.5 Å². The van der Waals surface area contributed by atoms with Crippen molar-refractivity contribution in [1.82, 2.24) is 10.6 Å². The van der Waals surface area contributed by atoms with E-state index in [1.165, 1.54) is 0 Å². The van der Waals surface area contributed by atoms with Gasteiger partial charge in [0, 0.05) is 32.4 Å². The predicted molar refractivity (Wildman–Crippen MR) is 77.6 cm³/mol. The van der Waals surface area contributed by atoms with Crippen molar-refractivity contribution in [2.24, 2.45) is 0 Å². The van der Waals surface area contributed by atoms with Crippen molar-refractivity contribution in [1.29, 1.82) is 0 Å². The van der Waals surface area contributed by atoms with Crippen LogP contribution in [0.25, 0.3) is 0 Å². The van der Waals surface area contributed by atoms with Gasteiger partial charge in [-0.1, -0.05) is 6.58 Å². The molecule has 0 aromatic heterocycles. The van der Waals surface area contributed by atoms with Crippen LogP contribution in [-0.2, 0) is 18.4 Å². The molecule has 0 atom stereocenters. The SMILES string of the molecule is C=C(C)C(=O)OCCNC(=O)NCC[Si](C)(OC)OC. The molecule has 0 spiro atoms. The average molecular weight is 304 g/mol. The highest BCUT2D eigenvalue weighted by Crippen LogP contribution is 2.09. The van der Waals surface area contributed by atoms with Crippen LogP contribution in [0.1, 0.15) is 6.92 Å². The number of rotatable bonds is 9. The summed E-state index contributed by atoms with van der Waals surface area (Å²) in [5, 5.41) is 5.26. The molecule has 0 radical (unpaired) electrons. The van der Waals surface area contributed by atoms with Crippen molar-refractivity contribution >= 4 is 20.6 Å². The second-order valence-corrected chi connectivity index (χ2v) is 7.98. The molecule has 0 aliphatic heterocycles. The van der Waals surface area contributed by atoms with Crippen molar-refractivity contribution in [3.63, 3.8) is 0 Å². The molecule has 2 amide bonds. The van der Waals surface area contributed by atoms with E-state index in [2.05, 4.69) is 17.2 Å². The topological polar surface area (TPSA) is 85.9 Å². The van der Waals surface area contributed by atoms with Gasteiger partial charge in [-0.05, 0) is 13.5 Å². The molecule has 0 fully saturated rings. The third kappa shape index (κ3) is 7.92. The van der Waals surface area contributed by atoms with E-state index >= 15 is 0 Å². The van der Waals surface area contributed by atoms with Crippen LogP contribution in [0.2, 0.25) is 12.6 Å². The normalized spacial score (nSPS) is 10.8. The Bertz CT molecular complexity index is 345. The zero-order valence-electron chi connectivity index (χ0n) is 12.6. The first-order chi connectivity index (χ1) is 9.34. The van der Waals surface area contributed by atoms with Gasteiger partial charge in [-0.15, -0.1) is 0 Å². The Morgan fingerprint density at radius 1 is 1.15 bits per heavy atom. The molecule has 7 nitrogen and oxygen atoms in total. The van der Waals surface area contributed by atoms with E-state index in [0.717, 1.165) is 0 Å². The van der Waals surface area contributed by atoms with Crippen molar-refractivity contribution in [3.05, 3.63) is 12.2 Å². The maximum absolute atomic E-state index is 11.4. The Kier molecular flexibility index (Phi) is 8.85. The third-order valence-corrected chi connectivity index (χ3v) is 5.58. The molecule has 0 aromatic rings. The first-order valence-corrected chi connectivity index (χ1v) is 8.81. The lowest BCUT2D eigenvalue weighted by atomic mass is 10.4. The molecule has 0 heterocycles. The van der Waals surface area contributed by atoms with E-state index in [0.29, 0.717) is 18.2 Å². The number of hydrogen-bond acceptors (Lipinski definition) is 5. The van der Waals surface area contributed by atoms with E-state index in [4.69, 9.17) is 13.6 Å². The maximum Gasteiger partial charge on any atom is 0.336 e. The standard InChI is InChI=1S/C12H24N2O5Si/c1-10(2)11(15)19-8-6-13-12(16)14-7-9-20(5,17-3)18-4/h1,6-9H2,2-5H3,(H2,13,14,16). The van der Waals surface area contributed by atoms with Crippen LogP contribution in [0.3, 0.4) is 0 Å². The highest BCUT2D eigenvalue weighted by atomic mass is 28.4. The summed E-state index contributed by atoms with van der Waals surface area (Å²) < 4.78 is 15.4. The van der Waals surface area contributed by atoms with Gasteiger partial charge in [0.1, 0.15) is 6.61 Å². The maximum atomic E-state index is 11.4. The third-order valence-electron chi connectivity index (χ3n) is 2.70. The molecule has 8 heteroatoms. The number of amides is 2. The van der Waals surface area contributed by atoms with Gasteiger partial charge in [-0.3, -0.25) is 0 Å². The zero-order chi connectivity index (χ0) is 15.6. The van der Waals surface area contributed by atoms with Gasteiger partial charge in [0.05, 0.1) is 6.54 Å². The Hall–Kier alpha value is -1.38. The summed E-state index contributed by atoms with van der Waals surface area (Å²) in [6, 6.07) is 0.331. The summed E-state index contributed by atoms with van der Waals surface area (Å²) in [5.41, 5.74) is 0.331. The largest absolute Gasteiger partial charge is 0.460 e. The molecule has 0 saturated carbocycles. The van der Waals surface area contributed by atoms with Crippen molar-refractivity contribution < 1.29 is 23.2 Å². The lowest BCUT2D eigenvalue weighted by Gasteiger charge is -2.22. The highest BCUT2D eigenvalue weighted by molar-refractivity contribution is 6.66. The number of hydrogen-bond donors (Lipinski definition) is 2. The quantitative estimate of drug-likeness (QED) is 0.284. The minimum absolute atomic E-state index is 0.113. The molecule has 2 N–H and O–H groups in total. The van der Waals surface area contributed by atoms with Gasteiger partial charge in [0.25, 0.3) is 0 Å². The van der Waals surface area contributed by atoms with Gasteiger partial charge < -0.3 is 24.2 Å². The van der Waals surface area contributed by atoms with Crippen LogP contribution < -0.4 is 10.6 Å². The number of carbonyl (C=O) groups is 2. The molecule has 0 saturated heterocycles. The average Bonchev–Trinajstić information content (AvgIpc) is 2.42. The Morgan fingerprint density at radius 3 is 2.20 bits per heavy atom. The van der Waals surface area contributed by atoms with Crippen molar-refractivity contribution in [2.75, 3.05) is 33.9 Å². The predicted octanol–water partition coefficient (Wildman–Crippen LogP) is 0.770. The minimum Gasteiger partial charge on any atom is -0.460 e. The number of urea groups is 1. The highest BCUT2D eigenvalue weighted by Gasteiger charge is 2.28. The van der Waals surface area contributed by atoms with Crippen LogP contribution in [0.4, 0.5) is 4.79 Å². The fraction of sp³-hybridized carbons (Fsp3) is 0.667. The molecule has 0 rings (SSSR count). The first-order valence-electron chi connectivity index (χ1n) is 6.29. The summed E-state index contributed by atoms with van der Waals surface area (Å²) in [7, 11) is 1.05. The van der Waals surface area contributed by atoms with Crippen molar-refractivity contribution in [3.8, 4) is 0 Å². The molecular formula is C12H24N2O5Si. The lowest BCUT2D eigenvalue weighted by molar-refractivity contribution is -0.138. The van der Waals surface area contributed by atoms with Crippen LogP contribution in [0, 0.1) is 0 Å². The summed E-state index contributed by atoms with van der Waals surface area (Å²) in [6.45, 7) is 7.76. The molecule has 20 heavy (non-hydrogen) atoms. The molecule has 0 aliphatic carbocycles. The molecule has 0 aromatic carbocycles. The minimum atomic E-state index is -2.15. The lowest BCUT2D eigenvalue weighted by Crippen LogP contribution is -2.43. The Morgan fingerprint density at radius 2 is 1.70 bits per heavy atom. The van der Waals surface area contributed by atoms with E-state index in [-0.39, 0.29) is 19.2 Å². The number of nitrogens with one attached hydrogen (secondary N) is 2. The van der Waals surface area contributed by atoms with Crippen LogP contribution in [0.5, 0.6) is 0 Å². The molecule has 0 unspecified atom stereocenters. The summed E-state index contributed by atoms with van der Waals surface area (Å²) in [4.78, 5) is 22.5. The van der Waals surface area contributed by atoms with E-state index in [1.807, 2.05) is 6.55 Å². The smallest absolute Gasteiger partial charge is 0.336 e. The second kappa shape index (κ2) is 9.51. The van der Waals surface area contributed by atoms with Gasteiger partial charge >= 0.3 is 20.6 Å². The van der Waals surface area contributed by atoms with Gasteiger partial charge in [-0.2, -0.15) is 0 Å². The Balaban J connectivity index is 3.70. The monoisotopic (exact) mass is 304 g/mol. The second-order valence-electron chi connectivity index (χ2n) is 4.39. The van der Waals surface area contributed by atoms with Crippen LogP contribution in [0.15, 0.2) is 12.2 Å². The van der Waals surface area contributed by atoms with Gasteiger partial charge in [0.15, 0.2) is 0 Å². The van der Waals surface area contributed by atoms with E-state index in [9.17, 15) is 9.59 Å². The first kappa shape index (κ1) is 18.6. The Labute approximate surface area is 120 Å². The van der Waals surface area contributed by atoms with Gasteiger partial charge in [0.2, 0.25) is 0 Å². The fourth-order valence-electron chi connectivity index (χ4n) is 1.18. The molecule has 116 valence electrons. The van der Waals surface area contributed by atoms with Crippen LogP contribution >= 0.6 is 0 Å². The van der Waals surface area contributed by atoms with E-state index in [1.54, 1.807) is 21.1 Å². The zero-order valence-corrected chi connectivity index (χ0v) is 13.6. The summed E-state index contributed by atoms with van der Waals surface area (Å²) >= 11 is 0. The molecule has 0 aliphatic rings. The summed E-state index contributed by atoms with van der Waals surface area (Å²) in [6.07, 6.45) is 0. The number of carbonyl (C=O) groups excluding carboxylic acids is 2. The number of esters is 1. The number of ether oxygens (including phenoxy) is 1. The molecule has 0 bridgehead atoms. The van der Waals surface area contributed by atoms with E-state index < -0.39 is 14.5 Å². The van der Waals surface area contributed by atoms with Gasteiger partial charge in [-0.25, -0.2) is 9.59 Å².